The summed E-state index contributed by atoms with van der Waals surface area (Å²) in [4.78, 5) is 4.16. The van der Waals surface area contributed by atoms with Crippen molar-refractivity contribution < 1.29 is 4.74 Å². The van der Waals surface area contributed by atoms with Gasteiger partial charge in [0.05, 0.1) is 5.02 Å². The number of nitrogens with zero attached hydrogens (tertiary/aromatic N) is 1. The second-order valence-electron chi connectivity index (χ2n) is 4.13. The maximum atomic E-state index is 6.04. The van der Waals surface area contributed by atoms with E-state index in [-0.39, 0.29) is 6.10 Å². The number of nitrogen functional groups attached to an aromatic ring is 1. The van der Waals surface area contributed by atoms with Crippen LogP contribution in [0.15, 0.2) is 6.07 Å². The Morgan fingerprint density at radius 2 is 1.94 bits per heavy atom. The van der Waals surface area contributed by atoms with Crippen molar-refractivity contribution >= 4 is 29.0 Å². The predicted molar refractivity (Wildman–Crippen MR) is 69.6 cm³/mol. The van der Waals surface area contributed by atoms with Crippen molar-refractivity contribution in [2.24, 2.45) is 5.84 Å². The van der Waals surface area contributed by atoms with Crippen molar-refractivity contribution in [3.63, 3.8) is 0 Å². The zero-order valence-electron chi connectivity index (χ0n) is 9.38. The van der Waals surface area contributed by atoms with Crippen LogP contribution in [0.4, 0.5) is 5.82 Å². The monoisotopic (exact) mass is 275 g/mol. The highest BCUT2D eigenvalue weighted by atomic mass is 35.5. The van der Waals surface area contributed by atoms with E-state index in [4.69, 9.17) is 33.8 Å². The molecule has 17 heavy (non-hydrogen) atoms. The van der Waals surface area contributed by atoms with E-state index >= 15 is 0 Å². The van der Waals surface area contributed by atoms with E-state index < -0.39 is 0 Å². The average Bonchev–Trinajstić information content (AvgIpc) is 2.34. The molecule has 0 radical (unpaired) electrons. The lowest BCUT2D eigenvalue weighted by Crippen LogP contribution is -2.20. The van der Waals surface area contributed by atoms with Gasteiger partial charge in [0.25, 0.3) is 0 Å². The fraction of sp³-hybridized carbons (Fsp3) is 0.545. The van der Waals surface area contributed by atoms with Crippen molar-refractivity contribution in [3.05, 3.63) is 16.1 Å². The van der Waals surface area contributed by atoms with Gasteiger partial charge in [-0.15, -0.1) is 0 Å². The van der Waals surface area contributed by atoms with Crippen LogP contribution in [-0.4, -0.2) is 11.1 Å². The van der Waals surface area contributed by atoms with Crippen molar-refractivity contribution in [1.29, 1.82) is 0 Å². The fourth-order valence-electron chi connectivity index (χ4n) is 1.97. The molecule has 6 heteroatoms. The van der Waals surface area contributed by atoms with Crippen LogP contribution in [0, 0.1) is 0 Å². The summed E-state index contributed by atoms with van der Waals surface area (Å²) in [7, 11) is 0. The lowest BCUT2D eigenvalue weighted by Gasteiger charge is -2.23. The van der Waals surface area contributed by atoms with E-state index in [1.165, 1.54) is 19.3 Å². The zero-order valence-corrected chi connectivity index (χ0v) is 10.9. The first kappa shape index (κ1) is 12.7. The van der Waals surface area contributed by atoms with Gasteiger partial charge in [-0.3, -0.25) is 0 Å². The zero-order chi connectivity index (χ0) is 12.3. The van der Waals surface area contributed by atoms with Crippen molar-refractivity contribution in [3.8, 4) is 5.88 Å². The highest BCUT2D eigenvalue weighted by molar-refractivity contribution is 6.36. The molecule has 1 fully saturated rings. The molecule has 2 rings (SSSR count). The lowest BCUT2D eigenvalue weighted by molar-refractivity contribution is 0.149. The van der Waals surface area contributed by atoms with E-state index in [1.54, 1.807) is 6.07 Å². The number of nitrogens with one attached hydrogen (secondary N) is 1. The van der Waals surface area contributed by atoms with E-state index in [1.807, 2.05) is 0 Å². The molecule has 1 heterocycles. The maximum Gasteiger partial charge on any atom is 0.234 e. The molecule has 0 bridgehead atoms. The quantitative estimate of drug-likeness (QED) is 0.656. The number of hydrogen-bond acceptors (Lipinski definition) is 4. The standard InChI is InChI=1S/C11H15Cl2N3O/c12-8-6-9(13)11(15-10(8)16-14)17-7-4-2-1-3-5-7/h6-7H,1-5,14H2,(H,15,16). The van der Waals surface area contributed by atoms with Crippen LogP contribution in [0.2, 0.25) is 10.0 Å². The van der Waals surface area contributed by atoms with Gasteiger partial charge in [0.1, 0.15) is 11.1 Å². The van der Waals surface area contributed by atoms with Crippen molar-refractivity contribution in [2.45, 2.75) is 38.2 Å². The van der Waals surface area contributed by atoms with Crippen LogP contribution in [-0.2, 0) is 0 Å². The fourth-order valence-corrected chi connectivity index (χ4v) is 2.43. The molecule has 1 saturated carbocycles. The number of halogens is 2. The third kappa shape index (κ3) is 3.15. The Balaban J connectivity index is 2.13. The molecule has 3 N–H and O–H groups in total. The summed E-state index contributed by atoms with van der Waals surface area (Å²) >= 11 is 11.9. The summed E-state index contributed by atoms with van der Waals surface area (Å²) < 4.78 is 5.79. The molecular weight excluding hydrogens is 261 g/mol. The van der Waals surface area contributed by atoms with Crippen LogP contribution in [0.1, 0.15) is 32.1 Å². The average molecular weight is 276 g/mol. The number of aromatic nitrogens is 1. The van der Waals surface area contributed by atoms with E-state index in [0.29, 0.717) is 21.7 Å². The summed E-state index contributed by atoms with van der Waals surface area (Å²) in [5.74, 6) is 6.08. The van der Waals surface area contributed by atoms with E-state index in [2.05, 4.69) is 10.4 Å². The molecule has 0 atom stereocenters. The van der Waals surface area contributed by atoms with E-state index in [0.717, 1.165) is 12.8 Å². The number of nitrogens with two attached hydrogens (primary N) is 1. The maximum absolute atomic E-state index is 6.04. The molecular formula is C11H15Cl2N3O. The van der Waals surface area contributed by atoms with Gasteiger partial charge in [0.15, 0.2) is 5.82 Å². The van der Waals surface area contributed by atoms with Crippen molar-refractivity contribution in [2.75, 3.05) is 5.43 Å². The van der Waals surface area contributed by atoms with Crippen LogP contribution in [0.3, 0.4) is 0 Å². The van der Waals surface area contributed by atoms with Crippen LogP contribution in [0.25, 0.3) is 0 Å². The number of pyridine rings is 1. The third-order valence-electron chi connectivity index (χ3n) is 2.86. The molecule has 4 nitrogen and oxygen atoms in total. The molecule has 0 saturated heterocycles. The summed E-state index contributed by atoms with van der Waals surface area (Å²) in [6.45, 7) is 0. The molecule has 0 aliphatic heterocycles. The molecule has 0 amide bonds. The largest absolute Gasteiger partial charge is 0.473 e. The van der Waals surface area contributed by atoms with Crippen LogP contribution >= 0.6 is 23.2 Å². The first-order chi connectivity index (χ1) is 8.20. The van der Waals surface area contributed by atoms with Gasteiger partial charge in [0.2, 0.25) is 5.88 Å². The highest BCUT2D eigenvalue weighted by Crippen LogP contribution is 2.32. The van der Waals surface area contributed by atoms with E-state index in [9.17, 15) is 0 Å². The molecule has 94 valence electrons. The number of hydrazine groups is 1. The minimum absolute atomic E-state index is 0.195. The Labute approximate surface area is 110 Å². The summed E-state index contributed by atoms with van der Waals surface area (Å²) in [5, 5.41) is 0.799. The third-order valence-corrected chi connectivity index (χ3v) is 3.42. The normalized spacial score (nSPS) is 16.9. The van der Waals surface area contributed by atoms with Gasteiger partial charge in [-0.25, -0.2) is 5.84 Å². The predicted octanol–water partition coefficient (Wildman–Crippen LogP) is 3.39. The van der Waals surface area contributed by atoms with Gasteiger partial charge in [0, 0.05) is 0 Å². The summed E-state index contributed by atoms with van der Waals surface area (Å²) in [5.41, 5.74) is 2.42. The number of anilines is 1. The van der Waals surface area contributed by atoms with Crippen LogP contribution in [0.5, 0.6) is 5.88 Å². The SMILES string of the molecule is NNc1nc(OC2CCCCC2)c(Cl)cc1Cl. The minimum Gasteiger partial charge on any atom is -0.473 e. The molecule has 1 aromatic heterocycles. The molecule has 1 aromatic rings. The Bertz CT molecular complexity index is 395. The van der Waals surface area contributed by atoms with Gasteiger partial charge in [-0.05, 0) is 31.7 Å². The topological polar surface area (TPSA) is 60.2 Å². The Kier molecular flexibility index (Phi) is 4.31. The number of ether oxygens (including phenoxy) is 1. The van der Waals surface area contributed by atoms with Crippen LogP contribution < -0.4 is 16.0 Å². The summed E-state index contributed by atoms with van der Waals surface area (Å²) in [6, 6.07) is 1.59. The van der Waals surface area contributed by atoms with Gasteiger partial charge in [-0.1, -0.05) is 29.6 Å². The number of rotatable bonds is 3. The first-order valence-corrected chi connectivity index (χ1v) is 6.45. The molecule has 0 aromatic carbocycles. The Morgan fingerprint density at radius 3 is 2.59 bits per heavy atom. The Hall–Kier alpha value is -0.710. The Morgan fingerprint density at radius 1 is 1.24 bits per heavy atom. The second-order valence-corrected chi connectivity index (χ2v) is 4.94. The smallest absolute Gasteiger partial charge is 0.234 e. The van der Waals surface area contributed by atoms with Crippen molar-refractivity contribution in [1.82, 2.24) is 4.98 Å². The van der Waals surface area contributed by atoms with Gasteiger partial charge < -0.3 is 10.2 Å². The molecule has 0 unspecified atom stereocenters. The van der Waals surface area contributed by atoms with Gasteiger partial charge in [-0.2, -0.15) is 4.98 Å². The highest BCUT2D eigenvalue weighted by Gasteiger charge is 2.18. The summed E-state index contributed by atoms with van der Waals surface area (Å²) in [6.07, 6.45) is 5.95. The van der Waals surface area contributed by atoms with Gasteiger partial charge >= 0.3 is 0 Å². The lowest BCUT2D eigenvalue weighted by atomic mass is 9.98. The second kappa shape index (κ2) is 5.76. The first-order valence-electron chi connectivity index (χ1n) is 5.70. The molecule has 1 aliphatic carbocycles. The number of hydrogen-bond donors (Lipinski definition) is 2. The molecule has 0 spiro atoms. The minimum atomic E-state index is 0.195. The molecule has 1 aliphatic rings.